The Labute approximate surface area is 84.3 Å². The first-order valence-corrected chi connectivity index (χ1v) is 4.81. The average Bonchev–Trinajstić information content (AvgIpc) is 2.16. The predicted octanol–water partition coefficient (Wildman–Crippen LogP) is 1.83. The van der Waals surface area contributed by atoms with Gasteiger partial charge in [-0.1, -0.05) is 13.8 Å². The highest BCUT2D eigenvalue weighted by Crippen LogP contribution is 2.27. The van der Waals surface area contributed by atoms with Crippen molar-refractivity contribution in [2.75, 3.05) is 0 Å². The Bertz CT molecular complexity index is 218. The molecular formula is C10H18O4. The van der Waals surface area contributed by atoms with Crippen molar-refractivity contribution < 1.29 is 19.4 Å². The number of carbonyl (C=O) groups excluding carboxylic acids is 1. The fourth-order valence-corrected chi connectivity index (χ4v) is 0.892. The van der Waals surface area contributed by atoms with Crippen LogP contribution in [0, 0.1) is 5.41 Å². The average molecular weight is 202 g/mol. The molecule has 0 rings (SSSR count). The molecule has 1 N–H and O–H groups in total. The Morgan fingerprint density at radius 2 is 1.79 bits per heavy atom. The highest BCUT2D eigenvalue weighted by molar-refractivity contribution is 5.80. The van der Waals surface area contributed by atoms with Crippen LogP contribution in [-0.2, 0) is 14.3 Å². The highest BCUT2D eigenvalue weighted by atomic mass is 16.6. The van der Waals surface area contributed by atoms with E-state index in [4.69, 9.17) is 9.84 Å². The van der Waals surface area contributed by atoms with Gasteiger partial charge in [0.1, 0.15) is 0 Å². The normalized spacial score (nSPS) is 13.4. The molecule has 0 aromatic heterocycles. The lowest BCUT2D eigenvalue weighted by Crippen LogP contribution is -2.34. The Balaban J connectivity index is 4.40. The number of hydrogen-bond acceptors (Lipinski definition) is 3. The van der Waals surface area contributed by atoms with Gasteiger partial charge in [0.05, 0.1) is 5.41 Å². The van der Waals surface area contributed by atoms with Crippen molar-refractivity contribution >= 4 is 11.9 Å². The zero-order valence-corrected chi connectivity index (χ0v) is 9.16. The number of esters is 1. The summed E-state index contributed by atoms with van der Waals surface area (Å²) in [5.74, 6) is -1.55. The van der Waals surface area contributed by atoms with E-state index in [1.807, 2.05) is 13.8 Å². The van der Waals surface area contributed by atoms with E-state index in [2.05, 4.69) is 0 Å². The van der Waals surface area contributed by atoms with E-state index in [0.717, 1.165) is 0 Å². The first kappa shape index (κ1) is 12.9. The number of carboxylic acid groups (broad SMARTS) is 1. The fourth-order valence-electron chi connectivity index (χ4n) is 0.892. The van der Waals surface area contributed by atoms with Crippen molar-refractivity contribution in [3.63, 3.8) is 0 Å². The van der Waals surface area contributed by atoms with E-state index in [1.54, 1.807) is 6.92 Å². The number of rotatable bonds is 5. The van der Waals surface area contributed by atoms with Crippen LogP contribution in [0.25, 0.3) is 0 Å². The van der Waals surface area contributed by atoms with Gasteiger partial charge in [-0.2, -0.15) is 0 Å². The molecule has 1 unspecified atom stereocenters. The zero-order chi connectivity index (χ0) is 11.4. The molecule has 4 nitrogen and oxygen atoms in total. The van der Waals surface area contributed by atoms with Crippen LogP contribution in [0.3, 0.4) is 0 Å². The Morgan fingerprint density at radius 3 is 2.07 bits per heavy atom. The number of aliphatic carboxylic acids is 1. The summed E-state index contributed by atoms with van der Waals surface area (Å²) < 4.78 is 4.82. The molecule has 14 heavy (non-hydrogen) atoms. The van der Waals surface area contributed by atoms with Crippen molar-refractivity contribution in [3.8, 4) is 0 Å². The molecule has 0 saturated carbocycles. The molecule has 0 spiro atoms. The molecule has 0 radical (unpaired) electrons. The van der Waals surface area contributed by atoms with Crippen LogP contribution < -0.4 is 0 Å². The van der Waals surface area contributed by atoms with Gasteiger partial charge in [0.2, 0.25) is 0 Å². The van der Waals surface area contributed by atoms with Gasteiger partial charge in [-0.05, 0) is 26.7 Å². The lowest BCUT2D eigenvalue weighted by Gasteiger charge is -2.25. The maximum absolute atomic E-state index is 11.6. The lowest BCUT2D eigenvalue weighted by atomic mass is 9.85. The van der Waals surface area contributed by atoms with Crippen molar-refractivity contribution in [1.82, 2.24) is 0 Å². The van der Waals surface area contributed by atoms with Crippen LogP contribution in [-0.4, -0.2) is 23.1 Å². The number of hydrogen-bond donors (Lipinski definition) is 1. The third kappa shape index (κ3) is 3.01. The molecule has 0 aliphatic heterocycles. The topological polar surface area (TPSA) is 63.6 Å². The van der Waals surface area contributed by atoms with E-state index in [1.165, 1.54) is 6.92 Å². The monoisotopic (exact) mass is 202 g/mol. The summed E-state index contributed by atoms with van der Waals surface area (Å²) in [6.45, 7) is 6.91. The highest BCUT2D eigenvalue weighted by Gasteiger charge is 2.33. The third-order valence-corrected chi connectivity index (χ3v) is 2.69. The van der Waals surface area contributed by atoms with Crippen LogP contribution >= 0.6 is 0 Å². The molecule has 0 aliphatic rings. The summed E-state index contributed by atoms with van der Waals surface area (Å²) in [7, 11) is 0. The molecule has 0 aliphatic carbocycles. The first-order chi connectivity index (χ1) is 6.37. The molecule has 0 fully saturated rings. The van der Waals surface area contributed by atoms with Crippen LogP contribution in [0.5, 0.6) is 0 Å². The van der Waals surface area contributed by atoms with Gasteiger partial charge < -0.3 is 9.84 Å². The maximum Gasteiger partial charge on any atom is 0.344 e. The smallest absolute Gasteiger partial charge is 0.344 e. The maximum atomic E-state index is 11.6. The minimum atomic E-state index is -1.12. The van der Waals surface area contributed by atoms with Crippen LogP contribution in [0.15, 0.2) is 0 Å². The van der Waals surface area contributed by atoms with E-state index >= 15 is 0 Å². The van der Waals surface area contributed by atoms with Gasteiger partial charge in [-0.3, -0.25) is 4.79 Å². The van der Waals surface area contributed by atoms with Gasteiger partial charge in [0, 0.05) is 0 Å². The van der Waals surface area contributed by atoms with Crippen molar-refractivity contribution in [3.05, 3.63) is 0 Å². The van der Waals surface area contributed by atoms with Gasteiger partial charge >= 0.3 is 11.9 Å². The van der Waals surface area contributed by atoms with E-state index < -0.39 is 23.5 Å². The van der Waals surface area contributed by atoms with Crippen LogP contribution in [0.2, 0.25) is 0 Å². The summed E-state index contributed by atoms with van der Waals surface area (Å²) in [6, 6.07) is 0. The van der Waals surface area contributed by atoms with Gasteiger partial charge in [-0.25, -0.2) is 4.79 Å². The summed E-state index contributed by atoms with van der Waals surface area (Å²) in [5, 5.41) is 8.56. The minimum absolute atomic E-state index is 0.433. The fraction of sp³-hybridized carbons (Fsp3) is 0.800. The second-order valence-electron chi connectivity index (χ2n) is 3.65. The molecule has 4 heteroatoms. The summed E-state index contributed by atoms with van der Waals surface area (Å²) in [6.07, 6.45) is 0.225. The number of carboxylic acids is 1. The largest absolute Gasteiger partial charge is 0.479 e. The molecule has 0 aromatic carbocycles. The van der Waals surface area contributed by atoms with E-state index in [9.17, 15) is 9.59 Å². The quantitative estimate of drug-likeness (QED) is 0.691. The molecule has 0 heterocycles. The van der Waals surface area contributed by atoms with Crippen LogP contribution in [0.4, 0.5) is 0 Å². The van der Waals surface area contributed by atoms with Crippen molar-refractivity contribution in [1.29, 1.82) is 0 Å². The second-order valence-corrected chi connectivity index (χ2v) is 3.65. The second kappa shape index (κ2) is 4.98. The standard InChI is InChI=1S/C10H18O4/c1-5-10(4,6-2)9(13)14-7(3)8(11)12/h7H,5-6H2,1-4H3,(H,11,12). The van der Waals surface area contributed by atoms with Crippen LogP contribution in [0.1, 0.15) is 40.5 Å². The van der Waals surface area contributed by atoms with Gasteiger partial charge in [0.25, 0.3) is 0 Å². The zero-order valence-electron chi connectivity index (χ0n) is 9.16. The van der Waals surface area contributed by atoms with Crippen molar-refractivity contribution in [2.45, 2.75) is 46.6 Å². The summed E-state index contributed by atoms with van der Waals surface area (Å²) in [5.41, 5.74) is -0.566. The molecule has 0 saturated heterocycles. The summed E-state index contributed by atoms with van der Waals surface area (Å²) >= 11 is 0. The SMILES string of the molecule is CCC(C)(CC)C(=O)OC(C)C(=O)O. The Kier molecular flexibility index (Phi) is 4.60. The van der Waals surface area contributed by atoms with E-state index in [-0.39, 0.29) is 0 Å². The lowest BCUT2D eigenvalue weighted by molar-refractivity contribution is -0.170. The van der Waals surface area contributed by atoms with Crippen molar-refractivity contribution in [2.24, 2.45) is 5.41 Å². The molecule has 0 amide bonds. The van der Waals surface area contributed by atoms with Gasteiger partial charge in [0.15, 0.2) is 6.10 Å². The Hall–Kier alpha value is -1.06. The minimum Gasteiger partial charge on any atom is -0.479 e. The predicted molar refractivity (Wildman–Crippen MR) is 51.9 cm³/mol. The molecule has 0 aromatic rings. The first-order valence-electron chi connectivity index (χ1n) is 4.81. The molecular weight excluding hydrogens is 184 g/mol. The molecule has 1 atom stereocenters. The molecule has 82 valence electrons. The number of carbonyl (C=O) groups is 2. The number of ether oxygens (including phenoxy) is 1. The van der Waals surface area contributed by atoms with Gasteiger partial charge in [-0.15, -0.1) is 0 Å². The van der Waals surface area contributed by atoms with E-state index in [0.29, 0.717) is 12.8 Å². The Morgan fingerprint density at radius 1 is 1.36 bits per heavy atom. The summed E-state index contributed by atoms with van der Waals surface area (Å²) in [4.78, 5) is 22.0. The third-order valence-electron chi connectivity index (χ3n) is 2.69. The molecule has 0 bridgehead atoms.